The zero-order chi connectivity index (χ0) is 11.8. The van der Waals surface area contributed by atoms with Crippen LogP contribution in [0.1, 0.15) is 18.1 Å². The van der Waals surface area contributed by atoms with E-state index in [2.05, 4.69) is 0 Å². The van der Waals surface area contributed by atoms with Crippen molar-refractivity contribution < 1.29 is 19.4 Å². The van der Waals surface area contributed by atoms with E-state index in [-0.39, 0.29) is 19.2 Å². The second-order valence-electron chi connectivity index (χ2n) is 3.28. The van der Waals surface area contributed by atoms with E-state index in [9.17, 15) is 4.79 Å². The van der Waals surface area contributed by atoms with E-state index < -0.39 is 0 Å². The maximum Gasteiger partial charge on any atom is 0.332 e. The molecule has 4 heteroatoms. The first-order valence-electron chi connectivity index (χ1n) is 5.18. The fourth-order valence-corrected chi connectivity index (χ4v) is 1.27. The van der Waals surface area contributed by atoms with Gasteiger partial charge < -0.3 is 14.6 Å². The molecule has 0 bridgehead atoms. The number of rotatable bonds is 6. The van der Waals surface area contributed by atoms with E-state index in [0.29, 0.717) is 13.2 Å². The summed E-state index contributed by atoms with van der Waals surface area (Å²) in [6.45, 7) is 2.42. The summed E-state index contributed by atoms with van der Waals surface area (Å²) in [5.41, 5.74) is 1.76. The molecule has 0 aliphatic carbocycles. The van der Waals surface area contributed by atoms with Crippen molar-refractivity contribution in [3.05, 3.63) is 35.4 Å². The van der Waals surface area contributed by atoms with Gasteiger partial charge in [-0.2, -0.15) is 0 Å². The molecular formula is C12H16O4. The van der Waals surface area contributed by atoms with E-state index in [0.717, 1.165) is 11.1 Å². The van der Waals surface area contributed by atoms with Crippen molar-refractivity contribution in [1.82, 2.24) is 0 Å². The van der Waals surface area contributed by atoms with Crippen molar-refractivity contribution in [2.75, 3.05) is 13.2 Å². The molecule has 0 aliphatic rings. The number of esters is 1. The lowest BCUT2D eigenvalue weighted by Crippen LogP contribution is -2.12. The van der Waals surface area contributed by atoms with Crippen LogP contribution in [0.15, 0.2) is 24.3 Å². The molecule has 0 amide bonds. The Labute approximate surface area is 94.8 Å². The maximum absolute atomic E-state index is 11.0. The Morgan fingerprint density at radius 2 is 2.12 bits per heavy atom. The molecular weight excluding hydrogens is 208 g/mol. The molecule has 0 saturated heterocycles. The van der Waals surface area contributed by atoms with Gasteiger partial charge in [-0.1, -0.05) is 24.3 Å². The fourth-order valence-electron chi connectivity index (χ4n) is 1.27. The number of carbonyl (C=O) groups is 1. The third-order valence-corrected chi connectivity index (χ3v) is 1.97. The number of carbonyl (C=O) groups excluding carboxylic acids is 1. The predicted molar refractivity (Wildman–Crippen MR) is 58.7 cm³/mol. The number of aliphatic hydroxyl groups excluding tert-OH is 1. The quantitative estimate of drug-likeness (QED) is 0.739. The fraction of sp³-hybridized carbons (Fsp3) is 0.417. The Morgan fingerprint density at radius 1 is 1.38 bits per heavy atom. The summed E-state index contributed by atoms with van der Waals surface area (Å²) in [5, 5.41) is 8.93. The Kier molecular flexibility index (Phi) is 5.53. The molecule has 1 aromatic carbocycles. The van der Waals surface area contributed by atoms with Gasteiger partial charge in [0.25, 0.3) is 0 Å². The molecule has 0 spiro atoms. The molecule has 1 rings (SSSR count). The van der Waals surface area contributed by atoms with Crippen LogP contribution in [0.5, 0.6) is 0 Å². The third-order valence-electron chi connectivity index (χ3n) is 1.97. The van der Waals surface area contributed by atoms with Gasteiger partial charge in [0.05, 0.1) is 19.8 Å². The summed E-state index contributed by atoms with van der Waals surface area (Å²) >= 11 is 0. The number of benzene rings is 1. The summed E-state index contributed by atoms with van der Waals surface area (Å²) in [5.74, 6) is -0.360. The first-order valence-corrected chi connectivity index (χ1v) is 5.18. The molecule has 0 unspecified atom stereocenters. The molecule has 0 heterocycles. The minimum atomic E-state index is -0.360. The lowest BCUT2D eigenvalue weighted by molar-refractivity contribution is -0.148. The van der Waals surface area contributed by atoms with Gasteiger partial charge >= 0.3 is 5.97 Å². The molecule has 88 valence electrons. The van der Waals surface area contributed by atoms with Crippen molar-refractivity contribution in [2.45, 2.75) is 20.1 Å². The number of hydrogen-bond donors (Lipinski definition) is 1. The van der Waals surface area contributed by atoms with Gasteiger partial charge in [-0.15, -0.1) is 0 Å². The van der Waals surface area contributed by atoms with E-state index in [1.54, 1.807) is 6.92 Å². The summed E-state index contributed by atoms with van der Waals surface area (Å²) in [4.78, 5) is 11.0. The topological polar surface area (TPSA) is 55.8 Å². The van der Waals surface area contributed by atoms with Gasteiger partial charge in [-0.05, 0) is 18.1 Å². The highest BCUT2D eigenvalue weighted by Gasteiger charge is 2.01. The van der Waals surface area contributed by atoms with Crippen LogP contribution < -0.4 is 0 Å². The molecule has 0 aromatic heterocycles. The lowest BCUT2D eigenvalue weighted by atomic mass is 10.1. The number of aliphatic hydroxyl groups is 1. The molecule has 1 N–H and O–H groups in total. The number of ether oxygens (including phenoxy) is 2. The highest BCUT2D eigenvalue weighted by atomic mass is 16.6. The van der Waals surface area contributed by atoms with Gasteiger partial charge in [0.2, 0.25) is 0 Å². The Bertz CT molecular complexity index is 336. The molecule has 0 saturated carbocycles. The minimum absolute atomic E-state index is 0.00567. The van der Waals surface area contributed by atoms with Crippen molar-refractivity contribution in [1.29, 1.82) is 0 Å². The van der Waals surface area contributed by atoms with E-state index in [1.165, 1.54) is 0 Å². The number of hydrogen-bond acceptors (Lipinski definition) is 4. The average Bonchev–Trinajstić information content (AvgIpc) is 2.30. The van der Waals surface area contributed by atoms with Crippen LogP contribution in [0.2, 0.25) is 0 Å². The van der Waals surface area contributed by atoms with Crippen LogP contribution in [0, 0.1) is 0 Å². The molecule has 16 heavy (non-hydrogen) atoms. The second kappa shape index (κ2) is 6.98. The van der Waals surface area contributed by atoms with Crippen LogP contribution in [-0.4, -0.2) is 24.3 Å². The Hall–Kier alpha value is -1.39. The maximum atomic E-state index is 11.0. The SMILES string of the molecule is CCOC(=O)COCc1cccc(CO)c1. The average molecular weight is 224 g/mol. The Balaban J connectivity index is 2.34. The highest BCUT2D eigenvalue weighted by Crippen LogP contribution is 2.06. The molecule has 0 atom stereocenters. The van der Waals surface area contributed by atoms with Crippen molar-refractivity contribution in [3.63, 3.8) is 0 Å². The smallest absolute Gasteiger partial charge is 0.332 e. The molecule has 1 aromatic rings. The van der Waals surface area contributed by atoms with E-state index in [4.69, 9.17) is 14.6 Å². The largest absolute Gasteiger partial charge is 0.464 e. The van der Waals surface area contributed by atoms with E-state index in [1.807, 2.05) is 24.3 Å². The molecule has 0 radical (unpaired) electrons. The first-order chi connectivity index (χ1) is 7.76. The summed E-state index contributed by atoms with van der Waals surface area (Å²) in [6, 6.07) is 7.39. The standard InChI is InChI=1S/C12H16O4/c1-2-16-12(14)9-15-8-11-5-3-4-10(6-11)7-13/h3-6,13H,2,7-9H2,1H3. The molecule has 0 fully saturated rings. The van der Waals surface area contributed by atoms with Gasteiger partial charge in [0.1, 0.15) is 6.61 Å². The highest BCUT2D eigenvalue weighted by molar-refractivity contribution is 5.70. The first kappa shape index (κ1) is 12.7. The molecule has 4 nitrogen and oxygen atoms in total. The van der Waals surface area contributed by atoms with Gasteiger partial charge in [-0.3, -0.25) is 0 Å². The minimum Gasteiger partial charge on any atom is -0.464 e. The third kappa shape index (κ3) is 4.42. The van der Waals surface area contributed by atoms with Crippen molar-refractivity contribution in [3.8, 4) is 0 Å². The van der Waals surface area contributed by atoms with Gasteiger partial charge in [0.15, 0.2) is 0 Å². The van der Waals surface area contributed by atoms with Crippen LogP contribution in [-0.2, 0) is 27.5 Å². The van der Waals surface area contributed by atoms with Crippen LogP contribution in [0.25, 0.3) is 0 Å². The van der Waals surface area contributed by atoms with Crippen LogP contribution in [0.3, 0.4) is 0 Å². The van der Waals surface area contributed by atoms with E-state index >= 15 is 0 Å². The summed E-state index contributed by atoms with van der Waals surface area (Å²) < 4.78 is 9.90. The summed E-state index contributed by atoms with van der Waals surface area (Å²) in [6.07, 6.45) is 0. The van der Waals surface area contributed by atoms with Gasteiger partial charge in [-0.25, -0.2) is 4.79 Å². The molecule has 0 aliphatic heterocycles. The lowest BCUT2D eigenvalue weighted by Gasteiger charge is -2.05. The Morgan fingerprint density at radius 3 is 2.81 bits per heavy atom. The zero-order valence-electron chi connectivity index (χ0n) is 9.31. The normalized spacial score (nSPS) is 10.1. The van der Waals surface area contributed by atoms with Crippen LogP contribution in [0.4, 0.5) is 0 Å². The predicted octanol–water partition coefficient (Wildman–Crippen LogP) is 1.26. The zero-order valence-corrected chi connectivity index (χ0v) is 9.31. The van der Waals surface area contributed by atoms with Crippen LogP contribution >= 0.6 is 0 Å². The monoisotopic (exact) mass is 224 g/mol. The van der Waals surface area contributed by atoms with Crippen molar-refractivity contribution in [2.24, 2.45) is 0 Å². The van der Waals surface area contributed by atoms with Crippen molar-refractivity contribution >= 4 is 5.97 Å². The van der Waals surface area contributed by atoms with Gasteiger partial charge in [0, 0.05) is 0 Å². The summed E-state index contributed by atoms with van der Waals surface area (Å²) in [7, 11) is 0. The second-order valence-corrected chi connectivity index (χ2v) is 3.28.